The van der Waals surface area contributed by atoms with Gasteiger partial charge in [-0.25, -0.2) is 9.78 Å². The molecule has 11 heteroatoms. The van der Waals surface area contributed by atoms with Gasteiger partial charge in [-0.3, -0.25) is 4.68 Å². The maximum absolute atomic E-state index is 13.6. The molecule has 0 spiro atoms. The Morgan fingerprint density at radius 2 is 2.21 bits per heavy atom. The van der Waals surface area contributed by atoms with Crippen molar-refractivity contribution in [2.75, 3.05) is 18.4 Å². The highest BCUT2D eigenvalue weighted by Crippen LogP contribution is 2.42. The van der Waals surface area contributed by atoms with Gasteiger partial charge in [0.2, 0.25) is 5.95 Å². The van der Waals surface area contributed by atoms with Crippen LogP contribution in [0.2, 0.25) is 0 Å². The van der Waals surface area contributed by atoms with Gasteiger partial charge >= 0.3 is 6.09 Å². The second-order valence-corrected chi connectivity index (χ2v) is 9.36. The number of nitrogens with zero attached hydrogens (tertiary/aromatic N) is 5. The number of aromatic nitrogens is 3. The largest absolute Gasteiger partial charge is 0.446 e. The number of likely N-dealkylation sites (tertiary alicyclic amines) is 1. The number of pyridine rings is 1. The minimum absolute atomic E-state index is 0.0682. The summed E-state index contributed by atoms with van der Waals surface area (Å²) in [6.45, 7) is 2.87. The number of amides is 1. The maximum atomic E-state index is 13.6. The van der Waals surface area contributed by atoms with Crippen LogP contribution in [-0.4, -0.2) is 51.2 Å². The number of carbonyl (C=O) groups is 1. The van der Waals surface area contributed by atoms with Crippen molar-refractivity contribution in [3.63, 3.8) is 0 Å². The summed E-state index contributed by atoms with van der Waals surface area (Å²) in [4.78, 5) is 17.9. The number of epoxide rings is 1. The summed E-state index contributed by atoms with van der Waals surface area (Å²) >= 11 is 0. The zero-order valence-electron chi connectivity index (χ0n) is 19.0. The van der Waals surface area contributed by atoms with Gasteiger partial charge in [-0.05, 0) is 44.6 Å². The van der Waals surface area contributed by atoms with Gasteiger partial charge in [-0.1, -0.05) is 0 Å². The van der Waals surface area contributed by atoms with Crippen molar-refractivity contribution in [2.24, 2.45) is 11.7 Å². The molecule has 2 aromatic rings. The van der Waals surface area contributed by atoms with E-state index in [2.05, 4.69) is 16.4 Å². The molecule has 34 heavy (non-hydrogen) atoms. The number of hydrogen-bond donors (Lipinski definition) is 2. The second kappa shape index (κ2) is 8.85. The van der Waals surface area contributed by atoms with Crippen LogP contribution in [0.5, 0.6) is 0 Å². The molecule has 3 aliphatic rings. The van der Waals surface area contributed by atoms with Crippen LogP contribution in [0.15, 0.2) is 24.5 Å². The fraction of sp³-hybridized carbons (Fsp3) is 0.565. The van der Waals surface area contributed by atoms with Crippen LogP contribution >= 0.6 is 0 Å². The molecule has 5 rings (SSSR count). The van der Waals surface area contributed by atoms with Crippen LogP contribution in [-0.2, 0) is 15.0 Å². The average molecular weight is 470 g/mol. The van der Waals surface area contributed by atoms with E-state index in [0.717, 1.165) is 18.4 Å². The van der Waals surface area contributed by atoms with Crippen molar-refractivity contribution >= 4 is 17.6 Å². The van der Waals surface area contributed by atoms with Gasteiger partial charge in [-0.15, -0.1) is 0 Å². The van der Waals surface area contributed by atoms with Crippen molar-refractivity contribution < 1.29 is 18.7 Å². The Labute approximate surface area is 196 Å². The predicted octanol–water partition coefficient (Wildman–Crippen LogP) is 3.16. The molecule has 1 saturated carbocycles. The number of rotatable bonds is 7. The summed E-state index contributed by atoms with van der Waals surface area (Å²) in [5.41, 5.74) is 6.55. The Bertz CT molecular complexity index is 1100. The standard InChI is InChI=1S/C23H28FN7O3/c1-14(15-2-3-15)33-22(32)30-10-6-23(5-8-25,7-11-30)31-13-17(19-20(26)34-19)21(29-31)28-16-4-9-27-18(24)12-16/h4,9,12-15,19-20H,2-3,5-7,10-11,26H2,1H3,(H,27,28,29)/t14-,19?,20?/m1/s1. The number of nitriles is 1. The first-order valence-corrected chi connectivity index (χ1v) is 11.6. The van der Waals surface area contributed by atoms with Gasteiger partial charge in [0.15, 0.2) is 5.82 Å². The summed E-state index contributed by atoms with van der Waals surface area (Å²) in [6, 6.07) is 5.19. The van der Waals surface area contributed by atoms with Crippen molar-refractivity contribution in [2.45, 2.75) is 63.0 Å². The predicted molar refractivity (Wildman–Crippen MR) is 119 cm³/mol. The zero-order chi connectivity index (χ0) is 23.9. The molecule has 2 aromatic heterocycles. The second-order valence-electron chi connectivity index (χ2n) is 9.36. The minimum Gasteiger partial charge on any atom is -0.446 e. The SMILES string of the molecule is C[C@@H](OC(=O)N1CCC(CC#N)(n2cc(C3OC3N)c(Nc3ccnc(F)c3)n2)CC1)C1CC1. The highest BCUT2D eigenvalue weighted by Gasteiger charge is 2.44. The molecule has 3 atom stereocenters. The first-order valence-electron chi connectivity index (χ1n) is 11.6. The lowest BCUT2D eigenvalue weighted by Crippen LogP contribution is -2.48. The van der Waals surface area contributed by atoms with Gasteiger partial charge in [0.1, 0.15) is 18.4 Å². The molecule has 0 bridgehead atoms. The van der Waals surface area contributed by atoms with Gasteiger partial charge in [0, 0.05) is 42.8 Å². The van der Waals surface area contributed by atoms with Crippen molar-refractivity contribution in [3.05, 3.63) is 36.0 Å². The number of piperidine rings is 1. The number of carbonyl (C=O) groups excluding carboxylic acids is 1. The third-order valence-corrected chi connectivity index (χ3v) is 6.98. The molecular formula is C23H28FN7O3. The number of nitrogens with one attached hydrogen (secondary N) is 1. The minimum atomic E-state index is -0.610. The summed E-state index contributed by atoms with van der Waals surface area (Å²) < 4.78 is 26.5. The van der Waals surface area contributed by atoms with E-state index in [9.17, 15) is 14.4 Å². The van der Waals surface area contributed by atoms with E-state index in [4.69, 9.17) is 20.3 Å². The van der Waals surface area contributed by atoms with Gasteiger partial charge in [0.05, 0.1) is 18.0 Å². The highest BCUT2D eigenvalue weighted by atomic mass is 19.1. The van der Waals surface area contributed by atoms with E-state index in [-0.39, 0.29) is 24.7 Å². The Morgan fingerprint density at radius 3 is 2.82 bits per heavy atom. The Kier molecular flexibility index (Phi) is 5.87. The number of ether oxygens (including phenoxy) is 2. The lowest BCUT2D eigenvalue weighted by molar-refractivity contribution is 0.0384. The first-order chi connectivity index (χ1) is 16.4. The summed E-state index contributed by atoms with van der Waals surface area (Å²) in [6.07, 6.45) is 5.62. The molecule has 2 saturated heterocycles. The van der Waals surface area contributed by atoms with Crippen LogP contribution in [0.25, 0.3) is 0 Å². The number of nitrogens with two attached hydrogens (primary N) is 1. The Morgan fingerprint density at radius 1 is 1.47 bits per heavy atom. The van der Waals surface area contributed by atoms with E-state index in [1.54, 1.807) is 15.6 Å². The topological polar surface area (TPSA) is 135 Å². The molecule has 3 fully saturated rings. The number of anilines is 2. The molecule has 2 unspecified atom stereocenters. The highest BCUT2D eigenvalue weighted by molar-refractivity contribution is 5.68. The summed E-state index contributed by atoms with van der Waals surface area (Å²) in [5.74, 6) is 0.354. The fourth-order valence-corrected chi connectivity index (χ4v) is 4.56. The normalized spacial score (nSPS) is 24.2. The fourth-order valence-electron chi connectivity index (χ4n) is 4.56. The molecule has 4 heterocycles. The molecular weight excluding hydrogens is 441 g/mol. The molecule has 180 valence electrons. The first kappa shape index (κ1) is 22.6. The van der Waals surface area contributed by atoms with Crippen LogP contribution < -0.4 is 11.1 Å². The number of hydrogen-bond acceptors (Lipinski definition) is 8. The molecule has 1 amide bonds. The lowest BCUT2D eigenvalue weighted by atomic mass is 9.85. The van der Waals surface area contributed by atoms with E-state index < -0.39 is 17.7 Å². The van der Waals surface area contributed by atoms with Crippen LogP contribution in [0, 0.1) is 23.2 Å². The van der Waals surface area contributed by atoms with Gasteiger partial charge < -0.3 is 25.4 Å². The smallest absolute Gasteiger partial charge is 0.410 e. The average Bonchev–Trinajstić information content (AvgIpc) is 3.74. The van der Waals surface area contributed by atoms with E-state index >= 15 is 0 Å². The molecule has 10 nitrogen and oxygen atoms in total. The van der Waals surface area contributed by atoms with Crippen molar-refractivity contribution in [1.29, 1.82) is 5.26 Å². The Balaban J connectivity index is 1.35. The Hall–Kier alpha value is -3.23. The van der Waals surface area contributed by atoms with Gasteiger partial charge in [-0.2, -0.15) is 14.8 Å². The zero-order valence-corrected chi connectivity index (χ0v) is 19.0. The monoisotopic (exact) mass is 469 g/mol. The van der Waals surface area contributed by atoms with Gasteiger partial charge in [0.25, 0.3) is 0 Å². The summed E-state index contributed by atoms with van der Waals surface area (Å²) in [5, 5.41) is 17.5. The van der Waals surface area contributed by atoms with Crippen LogP contribution in [0.1, 0.15) is 50.7 Å². The lowest BCUT2D eigenvalue weighted by Gasteiger charge is -2.40. The number of halogens is 1. The van der Waals surface area contributed by atoms with Crippen LogP contribution in [0.4, 0.5) is 20.7 Å². The quantitative estimate of drug-likeness (QED) is 0.466. The molecule has 3 N–H and O–H groups in total. The van der Waals surface area contributed by atoms with Crippen LogP contribution in [0.3, 0.4) is 0 Å². The maximum Gasteiger partial charge on any atom is 0.410 e. The third-order valence-electron chi connectivity index (χ3n) is 6.98. The molecule has 0 radical (unpaired) electrons. The van der Waals surface area contributed by atoms with E-state index in [1.165, 1.54) is 12.3 Å². The molecule has 1 aliphatic carbocycles. The molecule has 2 aliphatic heterocycles. The van der Waals surface area contributed by atoms with E-state index in [1.807, 2.05) is 13.1 Å². The summed E-state index contributed by atoms with van der Waals surface area (Å²) in [7, 11) is 0. The van der Waals surface area contributed by atoms with Crippen molar-refractivity contribution in [1.82, 2.24) is 19.7 Å². The van der Waals surface area contributed by atoms with Crippen molar-refractivity contribution in [3.8, 4) is 6.07 Å². The molecule has 0 aromatic carbocycles. The third kappa shape index (κ3) is 4.56. The van der Waals surface area contributed by atoms with E-state index in [0.29, 0.717) is 43.4 Å².